The summed E-state index contributed by atoms with van der Waals surface area (Å²) in [4.78, 5) is 0. The number of nitrogens with one attached hydrogen (secondary N) is 1. The second-order valence-corrected chi connectivity index (χ2v) is 7.16. The fraction of sp³-hybridized carbons (Fsp3) is 0.500. The summed E-state index contributed by atoms with van der Waals surface area (Å²) in [6, 6.07) is 4.38. The largest absolute Gasteiger partial charge is 0.315 e. The van der Waals surface area contributed by atoms with Crippen molar-refractivity contribution in [3.63, 3.8) is 0 Å². The van der Waals surface area contributed by atoms with Gasteiger partial charge in [0.2, 0.25) is 0 Å². The molecule has 2 atom stereocenters. The van der Waals surface area contributed by atoms with Gasteiger partial charge in [0.05, 0.1) is 10.3 Å². The van der Waals surface area contributed by atoms with E-state index < -0.39 is 20.9 Å². The van der Waals surface area contributed by atoms with Crippen molar-refractivity contribution in [1.29, 1.82) is 0 Å². The van der Waals surface area contributed by atoms with E-state index in [-0.39, 0.29) is 17.5 Å². The lowest BCUT2D eigenvalue weighted by molar-refractivity contribution is 0.504. The third-order valence-corrected chi connectivity index (χ3v) is 5.06. The van der Waals surface area contributed by atoms with Crippen molar-refractivity contribution in [2.45, 2.75) is 24.6 Å². The normalized spacial score (nSPS) is 15.4. The molecule has 2 unspecified atom stereocenters. The molecule has 1 N–H and O–H groups in total. The van der Waals surface area contributed by atoms with E-state index in [9.17, 15) is 12.8 Å². The highest BCUT2D eigenvalue weighted by Crippen LogP contribution is 2.20. The Morgan fingerprint density at radius 2 is 2.06 bits per heavy atom. The molecule has 0 aromatic heterocycles. The first kappa shape index (κ1) is 15.4. The van der Waals surface area contributed by atoms with Gasteiger partial charge < -0.3 is 5.32 Å². The van der Waals surface area contributed by atoms with Gasteiger partial charge in [0.1, 0.15) is 5.82 Å². The summed E-state index contributed by atoms with van der Waals surface area (Å²) in [5, 5.41) is 2.37. The predicted octanol–water partition coefficient (Wildman–Crippen LogP) is 2.04. The molecular weight excluding hydrogens is 277 g/mol. The van der Waals surface area contributed by atoms with Gasteiger partial charge in [-0.05, 0) is 32.0 Å². The molecule has 0 aliphatic rings. The summed E-state index contributed by atoms with van der Waals surface area (Å²) in [5.74, 6) is -0.486. The second kappa shape index (κ2) is 5.99. The van der Waals surface area contributed by atoms with Crippen LogP contribution in [0.5, 0.6) is 0 Å². The summed E-state index contributed by atoms with van der Waals surface area (Å²) >= 11 is 5.70. The third kappa shape index (κ3) is 3.67. The minimum atomic E-state index is -3.18. The maximum absolute atomic E-state index is 13.7. The molecule has 0 amide bonds. The second-order valence-electron chi connectivity index (χ2n) is 4.35. The lowest BCUT2D eigenvalue weighted by Gasteiger charge is -2.22. The van der Waals surface area contributed by atoms with Crippen LogP contribution in [0.3, 0.4) is 0 Å². The molecule has 0 aliphatic carbocycles. The zero-order valence-electron chi connectivity index (χ0n) is 10.6. The summed E-state index contributed by atoms with van der Waals surface area (Å²) in [6.45, 7) is 1.61. The molecule has 6 heteroatoms. The Bertz CT molecular complexity index is 519. The Hall–Kier alpha value is -0.650. The van der Waals surface area contributed by atoms with Crippen molar-refractivity contribution >= 4 is 21.4 Å². The first-order chi connectivity index (χ1) is 8.27. The molecular formula is C12H17ClFNO2S. The minimum absolute atomic E-state index is 0.0503. The van der Waals surface area contributed by atoms with E-state index in [0.717, 1.165) is 0 Å². The molecule has 0 spiro atoms. The molecule has 0 saturated carbocycles. The highest BCUT2D eigenvalue weighted by Gasteiger charge is 2.25. The van der Waals surface area contributed by atoms with Gasteiger partial charge in [-0.1, -0.05) is 23.7 Å². The monoisotopic (exact) mass is 293 g/mol. The predicted molar refractivity (Wildman–Crippen MR) is 72.3 cm³/mol. The highest BCUT2D eigenvalue weighted by atomic mass is 35.5. The fourth-order valence-electron chi connectivity index (χ4n) is 1.74. The maximum Gasteiger partial charge on any atom is 0.151 e. The van der Waals surface area contributed by atoms with Crippen molar-refractivity contribution < 1.29 is 12.8 Å². The standard InChI is InChI=1S/C12H17ClFNO2S/c1-8(18(3,16)17)11(15-2)7-9-5-4-6-10(13)12(9)14/h4-6,8,11,15H,7H2,1-3H3. The Morgan fingerprint density at radius 1 is 1.44 bits per heavy atom. The van der Waals surface area contributed by atoms with Crippen LogP contribution >= 0.6 is 11.6 Å². The van der Waals surface area contributed by atoms with Crippen molar-refractivity contribution in [2.75, 3.05) is 13.3 Å². The van der Waals surface area contributed by atoms with Crippen LogP contribution in [-0.4, -0.2) is 33.0 Å². The summed E-state index contributed by atoms with van der Waals surface area (Å²) in [5.41, 5.74) is 0.414. The average molecular weight is 294 g/mol. The highest BCUT2D eigenvalue weighted by molar-refractivity contribution is 7.91. The van der Waals surface area contributed by atoms with Crippen molar-refractivity contribution in [3.05, 3.63) is 34.6 Å². The number of likely N-dealkylation sites (N-methyl/N-ethyl adjacent to an activating group) is 1. The van der Waals surface area contributed by atoms with E-state index in [0.29, 0.717) is 5.56 Å². The van der Waals surface area contributed by atoms with Crippen LogP contribution in [0.4, 0.5) is 4.39 Å². The number of rotatable bonds is 5. The van der Waals surface area contributed by atoms with Gasteiger partial charge >= 0.3 is 0 Å². The van der Waals surface area contributed by atoms with E-state index in [4.69, 9.17) is 11.6 Å². The third-order valence-electron chi connectivity index (χ3n) is 3.08. The molecule has 3 nitrogen and oxygen atoms in total. The van der Waals surface area contributed by atoms with E-state index in [1.807, 2.05) is 0 Å². The molecule has 0 saturated heterocycles. The maximum atomic E-state index is 13.7. The Kier molecular flexibility index (Phi) is 5.13. The van der Waals surface area contributed by atoms with Gasteiger partial charge in [-0.25, -0.2) is 12.8 Å². The first-order valence-electron chi connectivity index (χ1n) is 5.56. The van der Waals surface area contributed by atoms with E-state index in [1.54, 1.807) is 26.1 Å². The van der Waals surface area contributed by atoms with Crippen molar-refractivity contribution in [2.24, 2.45) is 0 Å². The van der Waals surface area contributed by atoms with Gasteiger partial charge in [-0.3, -0.25) is 0 Å². The first-order valence-corrected chi connectivity index (χ1v) is 7.89. The van der Waals surface area contributed by atoms with E-state index in [2.05, 4.69) is 5.32 Å². The smallest absolute Gasteiger partial charge is 0.151 e. The zero-order chi connectivity index (χ0) is 13.9. The van der Waals surface area contributed by atoms with Crippen molar-refractivity contribution in [3.8, 4) is 0 Å². The number of hydrogen-bond acceptors (Lipinski definition) is 3. The van der Waals surface area contributed by atoms with Crippen LogP contribution in [0, 0.1) is 5.82 Å². The van der Waals surface area contributed by atoms with Gasteiger partial charge in [-0.2, -0.15) is 0 Å². The number of sulfone groups is 1. The number of halogens is 2. The van der Waals surface area contributed by atoms with Gasteiger partial charge in [0, 0.05) is 12.3 Å². The lowest BCUT2D eigenvalue weighted by atomic mass is 10.0. The molecule has 1 aromatic carbocycles. The Labute approximate surface area is 112 Å². The Morgan fingerprint density at radius 3 is 2.56 bits per heavy atom. The van der Waals surface area contributed by atoms with Crippen LogP contribution in [0.2, 0.25) is 5.02 Å². The molecule has 0 radical (unpaired) electrons. The Balaban J connectivity index is 2.97. The molecule has 1 rings (SSSR count). The summed E-state index contributed by atoms with van der Waals surface area (Å²) in [6.07, 6.45) is 1.45. The topological polar surface area (TPSA) is 46.2 Å². The van der Waals surface area contributed by atoms with Crippen LogP contribution in [-0.2, 0) is 16.3 Å². The van der Waals surface area contributed by atoms with Crippen LogP contribution in [0.1, 0.15) is 12.5 Å². The molecule has 102 valence electrons. The minimum Gasteiger partial charge on any atom is -0.315 e. The van der Waals surface area contributed by atoms with Crippen LogP contribution in [0.15, 0.2) is 18.2 Å². The molecule has 1 aromatic rings. The number of benzene rings is 1. The molecule has 0 aliphatic heterocycles. The molecule has 0 bridgehead atoms. The van der Waals surface area contributed by atoms with E-state index >= 15 is 0 Å². The van der Waals surface area contributed by atoms with Gasteiger partial charge in [0.15, 0.2) is 9.84 Å². The zero-order valence-corrected chi connectivity index (χ0v) is 12.1. The SMILES string of the molecule is CNC(Cc1cccc(Cl)c1F)C(C)S(C)(=O)=O. The molecule has 0 fully saturated rings. The fourth-order valence-corrected chi connectivity index (χ4v) is 2.77. The van der Waals surface area contributed by atoms with Gasteiger partial charge in [0.25, 0.3) is 0 Å². The average Bonchev–Trinajstić information content (AvgIpc) is 2.29. The molecule has 0 heterocycles. The van der Waals surface area contributed by atoms with Crippen LogP contribution < -0.4 is 5.32 Å². The summed E-state index contributed by atoms with van der Waals surface area (Å²) in [7, 11) is -1.51. The van der Waals surface area contributed by atoms with E-state index in [1.165, 1.54) is 12.3 Å². The quantitative estimate of drug-likeness (QED) is 0.904. The van der Waals surface area contributed by atoms with Crippen LogP contribution in [0.25, 0.3) is 0 Å². The lowest BCUT2D eigenvalue weighted by Crippen LogP contribution is -2.42. The van der Waals surface area contributed by atoms with Gasteiger partial charge in [-0.15, -0.1) is 0 Å². The van der Waals surface area contributed by atoms with Crippen molar-refractivity contribution in [1.82, 2.24) is 5.32 Å². The summed E-state index contributed by atoms with van der Waals surface area (Å²) < 4.78 is 36.8. The number of hydrogen-bond donors (Lipinski definition) is 1. The molecule has 18 heavy (non-hydrogen) atoms.